The molecule has 10 heteroatoms. The largest absolute Gasteiger partial charge is 0.364 e. The summed E-state index contributed by atoms with van der Waals surface area (Å²) in [5, 5.41) is 7.65. The molecule has 1 aliphatic heterocycles. The first-order valence-corrected chi connectivity index (χ1v) is 11.9. The van der Waals surface area contributed by atoms with Gasteiger partial charge in [-0.3, -0.25) is 19.1 Å². The van der Waals surface area contributed by atoms with Crippen LogP contribution in [0.3, 0.4) is 0 Å². The van der Waals surface area contributed by atoms with Gasteiger partial charge in [0.25, 0.3) is 5.91 Å². The number of halogens is 2. The van der Waals surface area contributed by atoms with Crippen molar-refractivity contribution in [2.45, 2.75) is 51.4 Å². The Kier molecular flexibility index (Phi) is 5.96. The molecule has 2 fully saturated rings. The van der Waals surface area contributed by atoms with E-state index < -0.39 is 17.8 Å². The van der Waals surface area contributed by atoms with Crippen LogP contribution in [0.15, 0.2) is 36.4 Å². The highest BCUT2D eigenvalue weighted by Gasteiger charge is 2.51. The molecule has 2 aromatic carbocycles. The highest BCUT2D eigenvalue weighted by molar-refractivity contribution is 6.30. The molecule has 2 heterocycles. The number of aryl methyl sites for hydroxylation is 1. The molecule has 1 saturated heterocycles. The fourth-order valence-electron chi connectivity index (χ4n) is 5.21. The molecule has 35 heavy (non-hydrogen) atoms. The second-order valence-corrected chi connectivity index (χ2v) is 9.69. The Bertz CT molecular complexity index is 1360. The van der Waals surface area contributed by atoms with Crippen LogP contribution < -0.4 is 11.1 Å². The minimum atomic E-state index is -0.669. The van der Waals surface area contributed by atoms with Crippen molar-refractivity contribution in [2.24, 2.45) is 11.7 Å². The van der Waals surface area contributed by atoms with E-state index in [-0.39, 0.29) is 53.1 Å². The van der Waals surface area contributed by atoms with Crippen LogP contribution in [0.1, 0.15) is 40.9 Å². The van der Waals surface area contributed by atoms with Gasteiger partial charge in [-0.15, -0.1) is 0 Å². The molecule has 1 saturated carbocycles. The number of hydrogen-bond donors (Lipinski definition) is 2. The van der Waals surface area contributed by atoms with Crippen molar-refractivity contribution in [1.29, 1.82) is 0 Å². The third kappa shape index (κ3) is 4.14. The number of amides is 3. The second-order valence-electron chi connectivity index (χ2n) is 9.28. The van der Waals surface area contributed by atoms with E-state index in [0.29, 0.717) is 17.3 Å². The lowest BCUT2D eigenvalue weighted by Crippen LogP contribution is -2.51. The number of fused-ring (bicyclic) bond motifs is 2. The summed E-state index contributed by atoms with van der Waals surface area (Å²) >= 11 is 5.84. The third-order valence-electron chi connectivity index (χ3n) is 7.10. The molecule has 0 unspecified atom stereocenters. The van der Waals surface area contributed by atoms with Crippen LogP contribution in [-0.2, 0) is 22.7 Å². The molecule has 0 bridgehead atoms. The highest BCUT2D eigenvalue weighted by atomic mass is 35.5. The minimum Gasteiger partial charge on any atom is -0.364 e. The van der Waals surface area contributed by atoms with E-state index in [1.54, 1.807) is 23.1 Å². The summed E-state index contributed by atoms with van der Waals surface area (Å²) in [6.45, 7) is 1.75. The minimum absolute atomic E-state index is 0.00978. The monoisotopic (exact) mass is 497 g/mol. The molecular formula is C25H25ClFN5O3. The molecule has 8 nitrogen and oxygen atoms in total. The van der Waals surface area contributed by atoms with Gasteiger partial charge >= 0.3 is 0 Å². The SMILES string of the molecule is Cc1ccc2c(c1)c(C(N)=O)nn2CC(=O)N1[C@@H]2CC[C@@H]2C[C@H]1C(=O)NCc1cccc(Cl)c1F. The number of rotatable bonds is 6. The van der Waals surface area contributed by atoms with Crippen LogP contribution in [0, 0.1) is 18.7 Å². The molecule has 2 aliphatic rings. The van der Waals surface area contributed by atoms with Crippen molar-refractivity contribution in [3.63, 3.8) is 0 Å². The van der Waals surface area contributed by atoms with Gasteiger partial charge in [0.05, 0.1) is 10.5 Å². The first-order chi connectivity index (χ1) is 16.7. The van der Waals surface area contributed by atoms with Crippen molar-refractivity contribution >= 4 is 40.2 Å². The zero-order chi connectivity index (χ0) is 24.9. The van der Waals surface area contributed by atoms with Gasteiger partial charge in [-0.25, -0.2) is 4.39 Å². The molecule has 182 valence electrons. The molecule has 3 aromatic rings. The van der Waals surface area contributed by atoms with E-state index in [1.165, 1.54) is 10.7 Å². The Balaban J connectivity index is 1.36. The average Bonchev–Trinajstić information content (AvgIpc) is 3.28. The maximum Gasteiger partial charge on any atom is 0.269 e. The summed E-state index contributed by atoms with van der Waals surface area (Å²) in [4.78, 5) is 40.1. The van der Waals surface area contributed by atoms with Gasteiger partial charge in [0.2, 0.25) is 11.8 Å². The van der Waals surface area contributed by atoms with E-state index >= 15 is 0 Å². The van der Waals surface area contributed by atoms with Gasteiger partial charge < -0.3 is 16.0 Å². The van der Waals surface area contributed by atoms with Crippen molar-refractivity contribution in [3.8, 4) is 0 Å². The number of carbonyl (C=O) groups is 3. The number of nitrogens with zero attached hydrogens (tertiary/aromatic N) is 3. The van der Waals surface area contributed by atoms with Crippen LogP contribution >= 0.6 is 11.6 Å². The van der Waals surface area contributed by atoms with Crippen LogP contribution in [0.2, 0.25) is 5.02 Å². The second kappa shape index (κ2) is 8.96. The standard InChI is InChI=1S/C25H25ClFN5O3/c1-13-5-7-19-16(9-13)23(24(28)34)30-31(19)12-21(33)32-18-8-6-14(18)10-20(32)25(35)29-11-15-3-2-4-17(26)22(15)27/h2-5,7,9,14,18,20H,6,8,10-12H2,1H3,(H2,28,34)(H,29,35)/t14-,18-,20+/m1/s1. The van der Waals surface area contributed by atoms with E-state index in [9.17, 15) is 18.8 Å². The molecule has 3 N–H and O–H groups in total. The Morgan fingerprint density at radius 1 is 1.23 bits per heavy atom. The van der Waals surface area contributed by atoms with E-state index in [1.807, 2.05) is 19.1 Å². The summed E-state index contributed by atoms with van der Waals surface area (Å²) in [7, 11) is 0. The highest BCUT2D eigenvalue weighted by Crippen LogP contribution is 2.44. The summed E-state index contributed by atoms with van der Waals surface area (Å²) < 4.78 is 15.7. The zero-order valence-corrected chi connectivity index (χ0v) is 19.9. The normalized spacial score (nSPS) is 21.0. The molecule has 3 amide bonds. The lowest BCUT2D eigenvalue weighted by molar-refractivity contribution is -0.142. The van der Waals surface area contributed by atoms with Gasteiger partial charge in [-0.05, 0) is 50.3 Å². The molecule has 0 radical (unpaired) electrons. The topological polar surface area (TPSA) is 110 Å². The molecule has 1 aliphatic carbocycles. The fraction of sp³-hybridized carbons (Fsp3) is 0.360. The molecule has 1 aromatic heterocycles. The molecule has 0 spiro atoms. The number of primary amides is 1. The number of carbonyl (C=O) groups excluding carboxylic acids is 3. The number of benzene rings is 2. The lowest BCUT2D eigenvalue weighted by Gasteiger charge is -2.37. The first kappa shape index (κ1) is 23.3. The van der Waals surface area contributed by atoms with Crippen LogP contribution in [0.4, 0.5) is 4.39 Å². The summed E-state index contributed by atoms with van der Waals surface area (Å²) in [6.07, 6.45) is 2.34. The van der Waals surface area contributed by atoms with E-state index in [0.717, 1.165) is 18.4 Å². The number of hydrogen-bond acceptors (Lipinski definition) is 4. The molecule has 3 atom stereocenters. The Labute approximate surface area is 206 Å². The van der Waals surface area contributed by atoms with Crippen molar-refractivity contribution < 1.29 is 18.8 Å². The van der Waals surface area contributed by atoms with Gasteiger partial charge in [0.1, 0.15) is 18.4 Å². The smallest absolute Gasteiger partial charge is 0.269 e. The van der Waals surface area contributed by atoms with Crippen molar-refractivity contribution in [3.05, 3.63) is 64.1 Å². The van der Waals surface area contributed by atoms with Gasteiger partial charge in [-0.2, -0.15) is 5.10 Å². The number of aromatic nitrogens is 2. The molecule has 5 rings (SSSR count). The van der Waals surface area contributed by atoms with E-state index in [4.69, 9.17) is 17.3 Å². The number of likely N-dealkylation sites (tertiary alicyclic amines) is 1. The number of nitrogens with one attached hydrogen (secondary N) is 1. The Morgan fingerprint density at radius 2 is 2.03 bits per heavy atom. The Hall–Kier alpha value is -3.46. The summed E-state index contributed by atoms with van der Waals surface area (Å²) in [6, 6.07) is 9.45. The van der Waals surface area contributed by atoms with Crippen molar-refractivity contribution in [1.82, 2.24) is 20.0 Å². The predicted molar refractivity (Wildman–Crippen MR) is 128 cm³/mol. The first-order valence-electron chi connectivity index (χ1n) is 11.5. The average molecular weight is 498 g/mol. The predicted octanol–water partition coefficient (Wildman–Crippen LogP) is 2.93. The lowest BCUT2D eigenvalue weighted by atomic mass is 9.80. The van der Waals surface area contributed by atoms with Gasteiger partial charge in [0, 0.05) is 23.5 Å². The Morgan fingerprint density at radius 3 is 2.74 bits per heavy atom. The van der Waals surface area contributed by atoms with E-state index in [2.05, 4.69) is 10.4 Å². The maximum absolute atomic E-state index is 14.2. The van der Waals surface area contributed by atoms with Gasteiger partial charge in [-0.1, -0.05) is 35.4 Å². The van der Waals surface area contributed by atoms with Crippen LogP contribution in [0.5, 0.6) is 0 Å². The zero-order valence-electron chi connectivity index (χ0n) is 19.1. The molecular weight excluding hydrogens is 473 g/mol. The van der Waals surface area contributed by atoms with Crippen molar-refractivity contribution in [2.75, 3.05) is 0 Å². The van der Waals surface area contributed by atoms with Crippen LogP contribution in [-0.4, -0.2) is 44.5 Å². The number of nitrogens with two attached hydrogens (primary N) is 1. The van der Waals surface area contributed by atoms with Crippen LogP contribution in [0.25, 0.3) is 10.9 Å². The third-order valence-corrected chi connectivity index (χ3v) is 7.39. The quantitative estimate of drug-likeness (QED) is 0.545. The summed E-state index contributed by atoms with van der Waals surface area (Å²) in [5.74, 6) is -1.56. The van der Waals surface area contributed by atoms with Gasteiger partial charge in [0.15, 0.2) is 5.69 Å². The fourth-order valence-corrected chi connectivity index (χ4v) is 5.40. The summed E-state index contributed by atoms with van der Waals surface area (Å²) in [5.41, 5.74) is 7.46. The maximum atomic E-state index is 14.2.